The Morgan fingerprint density at radius 2 is 1.37 bits per heavy atom. The van der Waals surface area contributed by atoms with E-state index in [0.717, 1.165) is 12.2 Å². The molecule has 1 atom stereocenters. The SMILES string of the molecule is CCCCCCCCCCCCCCCc1cccc(OC(CC)C(=O)OCC)c1. The predicted molar refractivity (Wildman–Crippen MR) is 127 cm³/mol. The second kappa shape index (κ2) is 18.3. The zero-order chi connectivity index (χ0) is 21.9. The van der Waals surface area contributed by atoms with Crippen molar-refractivity contribution in [2.45, 2.75) is 123 Å². The van der Waals surface area contributed by atoms with Crippen molar-refractivity contribution in [3.63, 3.8) is 0 Å². The highest BCUT2D eigenvalue weighted by Crippen LogP contribution is 2.19. The Morgan fingerprint density at radius 1 is 0.800 bits per heavy atom. The number of hydrogen-bond donors (Lipinski definition) is 0. The van der Waals surface area contributed by atoms with Gasteiger partial charge in [0.2, 0.25) is 0 Å². The number of unbranched alkanes of at least 4 members (excludes halogenated alkanes) is 12. The van der Waals surface area contributed by atoms with Crippen LogP contribution in [0.3, 0.4) is 0 Å². The lowest BCUT2D eigenvalue weighted by atomic mass is 10.0. The van der Waals surface area contributed by atoms with Crippen LogP contribution in [0.15, 0.2) is 24.3 Å². The maximum atomic E-state index is 11.9. The average molecular weight is 419 g/mol. The molecule has 0 fully saturated rings. The third kappa shape index (κ3) is 12.9. The van der Waals surface area contributed by atoms with Crippen LogP contribution in [-0.4, -0.2) is 18.7 Å². The van der Waals surface area contributed by atoms with Crippen molar-refractivity contribution < 1.29 is 14.3 Å². The van der Waals surface area contributed by atoms with Crippen molar-refractivity contribution in [1.29, 1.82) is 0 Å². The van der Waals surface area contributed by atoms with E-state index in [4.69, 9.17) is 9.47 Å². The zero-order valence-electron chi connectivity index (χ0n) is 19.9. The van der Waals surface area contributed by atoms with Crippen molar-refractivity contribution >= 4 is 5.97 Å². The van der Waals surface area contributed by atoms with Gasteiger partial charge in [-0.3, -0.25) is 0 Å². The largest absolute Gasteiger partial charge is 0.479 e. The van der Waals surface area contributed by atoms with E-state index in [2.05, 4.69) is 19.1 Å². The van der Waals surface area contributed by atoms with Crippen LogP contribution >= 0.6 is 0 Å². The summed E-state index contributed by atoms with van der Waals surface area (Å²) in [5.41, 5.74) is 1.29. The summed E-state index contributed by atoms with van der Waals surface area (Å²) in [5, 5.41) is 0. The predicted octanol–water partition coefficient (Wildman–Crippen LogP) is 8.04. The molecule has 0 amide bonds. The van der Waals surface area contributed by atoms with Gasteiger partial charge in [0.05, 0.1) is 6.61 Å². The highest BCUT2D eigenvalue weighted by Gasteiger charge is 2.19. The molecule has 0 aliphatic heterocycles. The van der Waals surface area contributed by atoms with E-state index in [1.807, 2.05) is 26.0 Å². The van der Waals surface area contributed by atoms with Crippen LogP contribution in [0.25, 0.3) is 0 Å². The van der Waals surface area contributed by atoms with Gasteiger partial charge in [-0.25, -0.2) is 4.79 Å². The van der Waals surface area contributed by atoms with Gasteiger partial charge in [-0.05, 0) is 43.9 Å². The molecular weight excluding hydrogens is 372 g/mol. The molecule has 1 unspecified atom stereocenters. The lowest BCUT2D eigenvalue weighted by molar-refractivity contribution is -0.151. The van der Waals surface area contributed by atoms with Crippen LogP contribution < -0.4 is 4.74 Å². The minimum Gasteiger partial charge on any atom is -0.479 e. The molecule has 0 aromatic heterocycles. The second-order valence-corrected chi connectivity index (χ2v) is 8.41. The summed E-state index contributed by atoms with van der Waals surface area (Å²) >= 11 is 0. The van der Waals surface area contributed by atoms with Crippen molar-refractivity contribution in [1.82, 2.24) is 0 Å². The molecule has 0 aliphatic carbocycles. The smallest absolute Gasteiger partial charge is 0.347 e. The summed E-state index contributed by atoms with van der Waals surface area (Å²) in [4.78, 5) is 11.9. The fourth-order valence-corrected chi connectivity index (χ4v) is 3.82. The molecule has 1 rings (SSSR count). The number of esters is 1. The Balaban J connectivity index is 2.11. The van der Waals surface area contributed by atoms with Gasteiger partial charge in [0.15, 0.2) is 6.10 Å². The quantitative estimate of drug-likeness (QED) is 0.168. The van der Waals surface area contributed by atoms with Crippen LogP contribution in [0, 0.1) is 0 Å². The number of carbonyl (C=O) groups excluding carboxylic acids is 1. The van der Waals surface area contributed by atoms with E-state index >= 15 is 0 Å². The molecule has 0 spiro atoms. The molecule has 1 aromatic rings. The first kappa shape index (κ1) is 26.5. The average Bonchev–Trinajstić information content (AvgIpc) is 2.75. The minimum absolute atomic E-state index is 0.276. The van der Waals surface area contributed by atoms with Gasteiger partial charge in [0.1, 0.15) is 5.75 Å². The molecule has 0 saturated carbocycles. The van der Waals surface area contributed by atoms with Gasteiger partial charge >= 0.3 is 5.97 Å². The Kier molecular flexibility index (Phi) is 16.2. The fraction of sp³-hybridized carbons (Fsp3) is 0.741. The van der Waals surface area contributed by atoms with Gasteiger partial charge in [-0.15, -0.1) is 0 Å². The topological polar surface area (TPSA) is 35.5 Å². The standard InChI is InChI=1S/C27H46O3/c1-4-7-8-9-10-11-12-13-14-15-16-17-18-20-24-21-19-22-25(23-24)30-26(5-2)27(28)29-6-3/h19,21-23,26H,4-18,20H2,1-3H3. The van der Waals surface area contributed by atoms with Gasteiger partial charge < -0.3 is 9.47 Å². The van der Waals surface area contributed by atoms with Crippen LogP contribution in [0.4, 0.5) is 0 Å². The Morgan fingerprint density at radius 3 is 1.90 bits per heavy atom. The zero-order valence-corrected chi connectivity index (χ0v) is 19.9. The summed E-state index contributed by atoms with van der Waals surface area (Å²) in [6.07, 6.45) is 19.1. The first-order valence-corrected chi connectivity index (χ1v) is 12.6. The molecule has 30 heavy (non-hydrogen) atoms. The van der Waals surface area contributed by atoms with Gasteiger partial charge in [0, 0.05) is 0 Å². The molecular formula is C27H46O3. The maximum absolute atomic E-state index is 11.9. The molecule has 0 bridgehead atoms. The summed E-state index contributed by atoms with van der Waals surface area (Å²) in [6, 6.07) is 8.17. The van der Waals surface area contributed by atoms with E-state index in [9.17, 15) is 4.79 Å². The van der Waals surface area contributed by atoms with Crippen molar-refractivity contribution in [3.8, 4) is 5.75 Å². The third-order valence-corrected chi connectivity index (χ3v) is 5.67. The number of ether oxygens (including phenoxy) is 2. The van der Waals surface area contributed by atoms with Gasteiger partial charge in [0.25, 0.3) is 0 Å². The summed E-state index contributed by atoms with van der Waals surface area (Å²) in [5.74, 6) is 0.490. The number of hydrogen-bond acceptors (Lipinski definition) is 3. The van der Waals surface area contributed by atoms with E-state index in [-0.39, 0.29) is 5.97 Å². The van der Waals surface area contributed by atoms with Crippen molar-refractivity contribution in [2.75, 3.05) is 6.61 Å². The number of aryl methyl sites for hydroxylation is 1. The fourth-order valence-electron chi connectivity index (χ4n) is 3.82. The monoisotopic (exact) mass is 418 g/mol. The van der Waals surface area contributed by atoms with Gasteiger partial charge in [-0.2, -0.15) is 0 Å². The summed E-state index contributed by atoms with van der Waals surface area (Å²) < 4.78 is 10.9. The summed E-state index contributed by atoms with van der Waals surface area (Å²) in [6.45, 7) is 6.43. The number of carbonyl (C=O) groups is 1. The highest BCUT2D eigenvalue weighted by atomic mass is 16.6. The number of benzene rings is 1. The maximum Gasteiger partial charge on any atom is 0.347 e. The molecule has 0 saturated heterocycles. The van der Waals surface area contributed by atoms with Crippen LogP contribution in [0.5, 0.6) is 5.75 Å². The minimum atomic E-state index is -0.517. The third-order valence-electron chi connectivity index (χ3n) is 5.67. The first-order chi connectivity index (χ1) is 14.7. The van der Waals surface area contributed by atoms with Gasteiger partial charge in [-0.1, -0.05) is 103 Å². The molecule has 0 heterocycles. The molecule has 0 radical (unpaired) electrons. The van der Waals surface area contributed by atoms with E-state index in [1.165, 1.54) is 89.0 Å². The normalized spacial score (nSPS) is 12.0. The van der Waals surface area contributed by atoms with Crippen LogP contribution in [-0.2, 0) is 16.0 Å². The Bertz CT molecular complexity index is 541. The molecule has 0 aliphatic rings. The van der Waals surface area contributed by atoms with Crippen LogP contribution in [0.1, 0.15) is 116 Å². The summed E-state index contributed by atoms with van der Waals surface area (Å²) in [7, 11) is 0. The van der Waals surface area contributed by atoms with E-state index in [1.54, 1.807) is 0 Å². The van der Waals surface area contributed by atoms with Crippen molar-refractivity contribution in [3.05, 3.63) is 29.8 Å². The lowest BCUT2D eigenvalue weighted by Crippen LogP contribution is -2.28. The van der Waals surface area contributed by atoms with Crippen LogP contribution in [0.2, 0.25) is 0 Å². The molecule has 0 N–H and O–H groups in total. The molecule has 3 nitrogen and oxygen atoms in total. The molecule has 1 aromatic carbocycles. The Labute approximate surface area is 185 Å². The van der Waals surface area contributed by atoms with Crippen molar-refractivity contribution in [2.24, 2.45) is 0 Å². The number of rotatable bonds is 19. The Hall–Kier alpha value is -1.51. The lowest BCUT2D eigenvalue weighted by Gasteiger charge is -2.16. The molecule has 3 heteroatoms. The van der Waals surface area contributed by atoms with E-state index < -0.39 is 6.10 Å². The molecule has 172 valence electrons. The second-order valence-electron chi connectivity index (χ2n) is 8.41. The first-order valence-electron chi connectivity index (χ1n) is 12.6. The highest BCUT2D eigenvalue weighted by molar-refractivity contribution is 5.75. The van der Waals surface area contributed by atoms with E-state index in [0.29, 0.717) is 13.0 Å².